The smallest absolute Gasteiger partial charge is 0.520 e. The van der Waals surface area contributed by atoms with Crippen molar-refractivity contribution >= 4 is 29.2 Å². The number of amides is 2. The summed E-state index contributed by atoms with van der Waals surface area (Å²) in [6, 6.07) is 6.12. The fourth-order valence-electron chi connectivity index (χ4n) is 3.18. The summed E-state index contributed by atoms with van der Waals surface area (Å²) in [4.78, 5) is 40.4. The molecular weight excluding hydrogens is 497 g/mol. The van der Waals surface area contributed by atoms with Gasteiger partial charge in [0.1, 0.15) is 6.04 Å². The van der Waals surface area contributed by atoms with Crippen molar-refractivity contribution in [1.82, 2.24) is 20.5 Å². The Hall–Kier alpha value is -1.77. The Balaban J connectivity index is 0.00000111. The molecule has 1 heterocycles. The van der Waals surface area contributed by atoms with E-state index in [0.717, 1.165) is 36.1 Å². The minimum Gasteiger partial charge on any atom is -0.520 e. The fourth-order valence-corrected chi connectivity index (χ4v) is 3.18. The molecule has 9 heteroatoms. The van der Waals surface area contributed by atoms with Crippen molar-refractivity contribution in [3.8, 4) is 0 Å². The maximum atomic E-state index is 12.5. The second kappa shape index (κ2) is 17.7. The minimum absolute atomic E-state index is 0. The Morgan fingerprint density at radius 2 is 1.85 bits per heavy atom. The molecule has 0 saturated heterocycles. The fraction of sp³-hybridized carbons (Fsp3) is 0.458. The SMILES string of the molecule is CCCC(NC(=O)[C@@H](Cc1c[nH]c2ccccc12)N[C-]=O)C(=O)OC.[CH2-]CN(C[CH2-])CC.[Y+3]. The van der Waals surface area contributed by atoms with E-state index in [4.69, 9.17) is 4.74 Å². The average Bonchev–Trinajstić information content (AvgIpc) is 3.22. The second-order valence-electron chi connectivity index (χ2n) is 7.17. The Kier molecular flexibility index (Phi) is 16.7. The molecule has 0 saturated carbocycles. The zero-order chi connectivity index (χ0) is 23.9. The molecular formula is C24H35N4O4Y. The van der Waals surface area contributed by atoms with Gasteiger partial charge in [-0.15, -0.1) is 13.1 Å². The number of ether oxygens (including phenoxy) is 1. The number of H-pyrrole nitrogens is 1. The number of carbonyl (C=O) groups excluding carboxylic acids is 3. The third-order valence-electron chi connectivity index (χ3n) is 5.11. The van der Waals surface area contributed by atoms with Gasteiger partial charge in [-0.2, -0.15) is 6.41 Å². The van der Waals surface area contributed by atoms with Crippen molar-refractivity contribution in [2.75, 3.05) is 26.7 Å². The molecule has 1 aromatic heterocycles. The van der Waals surface area contributed by atoms with Gasteiger partial charge in [0.2, 0.25) is 5.91 Å². The van der Waals surface area contributed by atoms with Crippen molar-refractivity contribution in [3.05, 3.63) is 49.9 Å². The number of aromatic amines is 1. The third-order valence-corrected chi connectivity index (χ3v) is 5.11. The van der Waals surface area contributed by atoms with E-state index in [1.807, 2.05) is 31.2 Å². The minimum atomic E-state index is -0.833. The van der Waals surface area contributed by atoms with Crippen LogP contribution in [0.25, 0.3) is 10.9 Å². The van der Waals surface area contributed by atoms with Crippen LogP contribution in [0.5, 0.6) is 0 Å². The van der Waals surface area contributed by atoms with E-state index in [0.29, 0.717) is 12.8 Å². The van der Waals surface area contributed by atoms with Crippen LogP contribution >= 0.6 is 0 Å². The molecule has 178 valence electrons. The number of fused-ring (bicyclic) bond motifs is 1. The molecule has 0 aliphatic rings. The second-order valence-corrected chi connectivity index (χ2v) is 7.17. The summed E-state index contributed by atoms with van der Waals surface area (Å²) in [6.07, 6.45) is 4.83. The van der Waals surface area contributed by atoms with Crippen molar-refractivity contribution in [2.24, 2.45) is 0 Å². The molecule has 2 rings (SSSR count). The van der Waals surface area contributed by atoms with Crippen molar-refractivity contribution in [1.29, 1.82) is 0 Å². The van der Waals surface area contributed by atoms with E-state index in [-0.39, 0.29) is 39.1 Å². The van der Waals surface area contributed by atoms with E-state index in [9.17, 15) is 14.4 Å². The molecule has 0 fully saturated rings. The summed E-state index contributed by atoms with van der Waals surface area (Å²) >= 11 is 0. The summed E-state index contributed by atoms with van der Waals surface area (Å²) in [6.45, 7) is 14.3. The number of carbonyl (C=O) groups is 2. The Labute approximate surface area is 222 Å². The van der Waals surface area contributed by atoms with Gasteiger partial charge in [-0.1, -0.05) is 38.5 Å². The molecule has 0 radical (unpaired) electrons. The summed E-state index contributed by atoms with van der Waals surface area (Å²) in [5, 5.41) is 6.03. The first-order chi connectivity index (χ1) is 15.4. The van der Waals surface area contributed by atoms with E-state index in [2.05, 4.69) is 41.3 Å². The summed E-state index contributed by atoms with van der Waals surface area (Å²) < 4.78 is 4.71. The molecule has 2 aromatic rings. The van der Waals surface area contributed by atoms with Gasteiger partial charge in [0.15, 0.2) is 0 Å². The molecule has 2 amide bonds. The van der Waals surface area contributed by atoms with Gasteiger partial charge in [0, 0.05) is 23.5 Å². The molecule has 1 unspecified atom stereocenters. The third kappa shape index (κ3) is 10.4. The first-order valence-electron chi connectivity index (χ1n) is 10.8. The Morgan fingerprint density at radius 1 is 1.18 bits per heavy atom. The van der Waals surface area contributed by atoms with Crippen LogP contribution in [0.15, 0.2) is 30.5 Å². The van der Waals surface area contributed by atoms with Gasteiger partial charge in [-0.3, -0.25) is 4.79 Å². The van der Waals surface area contributed by atoms with Gasteiger partial charge in [0.05, 0.1) is 13.2 Å². The number of hydrogen-bond donors (Lipinski definition) is 3. The van der Waals surface area contributed by atoms with E-state index in [1.54, 1.807) is 12.6 Å². The van der Waals surface area contributed by atoms with Crippen LogP contribution in [0.3, 0.4) is 0 Å². The summed E-state index contributed by atoms with van der Waals surface area (Å²) in [7, 11) is 1.28. The van der Waals surface area contributed by atoms with Crippen LogP contribution < -0.4 is 10.6 Å². The first-order valence-corrected chi connectivity index (χ1v) is 10.8. The molecule has 2 atom stereocenters. The van der Waals surface area contributed by atoms with Gasteiger partial charge in [-0.25, -0.2) is 4.79 Å². The Bertz CT molecular complexity index is 833. The molecule has 8 nitrogen and oxygen atoms in total. The predicted octanol–water partition coefficient (Wildman–Crippen LogP) is 2.17. The zero-order valence-electron chi connectivity index (χ0n) is 19.9. The average molecular weight is 532 g/mol. The summed E-state index contributed by atoms with van der Waals surface area (Å²) in [5.41, 5.74) is 1.84. The van der Waals surface area contributed by atoms with Crippen molar-refractivity contribution < 1.29 is 51.8 Å². The quantitative estimate of drug-likeness (QED) is 0.221. The molecule has 0 aliphatic heterocycles. The van der Waals surface area contributed by atoms with Gasteiger partial charge >= 0.3 is 38.7 Å². The normalized spacial score (nSPS) is 12.1. The first kappa shape index (κ1) is 31.2. The largest absolute Gasteiger partial charge is 3.00 e. The van der Waals surface area contributed by atoms with Crippen LogP contribution in [-0.4, -0.2) is 67.0 Å². The Morgan fingerprint density at radius 3 is 2.36 bits per heavy atom. The maximum absolute atomic E-state index is 12.5. The number of methoxy groups -OCH3 is 1. The van der Waals surface area contributed by atoms with Crippen molar-refractivity contribution in [3.63, 3.8) is 0 Å². The predicted molar refractivity (Wildman–Crippen MR) is 126 cm³/mol. The van der Waals surface area contributed by atoms with Gasteiger partial charge in [0.25, 0.3) is 0 Å². The number of hydrogen-bond acceptors (Lipinski definition) is 5. The van der Waals surface area contributed by atoms with Crippen LogP contribution in [0.4, 0.5) is 0 Å². The van der Waals surface area contributed by atoms with Crippen LogP contribution in [0.1, 0.15) is 32.3 Å². The monoisotopic (exact) mass is 532 g/mol. The van der Waals surface area contributed by atoms with Crippen LogP contribution in [-0.2, 0) is 58.3 Å². The summed E-state index contributed by atoms with van der Waals surface area (Å²) in [5.74, 6) is -0.950. The molecule has 0 aliphatic carbocycles. The standard InChI is InChI=1S/C18H22N3O4.C6H13N.Y/c1-3-6-15(18(24)25-2)21-17(23)16(20-11-22)9-12-10-19-14-8-5-4-7-13(12)14;1-4-7(5-2)6-3;/h4-5,7-8,10,15-16,19H,3,6,9H2,1-2H3,(H,20,22)(H,21,23);1-2,4-6H2,3H3;/q-1;-2;+3/t15?,16-;;/m1../s1. The number of nitrogens with zero attached hydrogens (tertiary/aromatic N) is 1. The number of rotatable bonds is 12. The molecule has 1 aromatic carbocycles. The van der Waals surface area contributed by atoms with Gasteiger partial charge < -0.3 is 43.9 Å². The van der Waals surface area contributed by atoms with E-state index < -0.39 is 24.0 Å². The molecule has 3 N–H and O–H groups in total. The number of aromatic nitrogens is 1. The number of benzene rings is 1. The van der Waals surface area contributed by atoms with Gasteiger partial charge in [-0.05, 0) is 24.6 Å². The van der Waals surface area contributed by atoms with E-state index >= 15 is 0 Å². The van der Waals surface area contributed by atoms with Crippen LogP contribution in [0.2, 0.25) is 0 Å². The topological polar surface area (TPSA) is 104 Å². The number of esters is 1. The maximum Gasteiger partial charge on any atom is 3.00 e. The zero-order valence-corrected chi connectivity index (χ0v) is 22.7. The molecule has 33 heavy (non-hydrogen) atoms. The number of nitrogens with one attached hydrogen (secondary N) is 3. The molecule has 0 spiro atoms. The van der Waals surface area contributed by atoms with E-state index in [1.165, 1.54) is 7.11 Å². The van der Waals surface area contributed by atoms with Crippen molar-refractivity contribution in [2.45, 2.75) is 45.2 Å². The van der Waals surface area contributed by atoms with Crippen LogP contribution in [0, 0.1) is 13.8 Å². The number of para-hydroxylation sites is 1. The molecule has 0 bridgehead atoms.